The number of hydrogen-bond acceptors (Lipinski definition) is 2. The second-order valence-electron chi connectivity index (χ2n) is 5.61. The summed E-state index contributed by atoms with van der Waals surface area (Å²) in [7, 11) is 1.64. The highest BCUT2D eigenvalue weighted by Crippen LogP contribution is 2.10. The van der Waals surface area contributed by atoms with Crippen molar-refractivity contribution >= 4 is 29.9 Å². The fourth-order valence-electron chi connectivity index (χ4n) is 2.23. The van der Waals surface area contributed by atoms with Gasteiger partial charge in [-0.3, -0.25) is 4.99 Å². The van der Waals surface area contributed by atoms with Crippen molar-refractivity contribution in [1.29, 1.82) is 0 Å². The zero-order valence-electron chi connectivity index (χ0n) is 14.7. The third kappa shape index (κ3) is 8.23. The van der Waals surface area contributed by atoms with E-state index in [1.807, 2.05) is 6.92 Å². The maximum Gasteiger partial charge on any atom is 0.191 e. The van der Waals surface area contributed by atoms with Crippen molar-refractivity contribution in [2.45, 2.75) is 39.8 Å². The Labute approximate surface area is 160 Å². The van der Waals surface area contributed by atoms with Crippen LogP contribution in [0.1, 0.15) is 32.8 Å². The van der Waals surface area contributed by atoms with Crippen molar-refractivity contribution in [3.8, 4) is 0 Å². The minimum Gasteiger partial charge on any atom is -0.378 e. The molecule has 0 heterocycles. The lowest BCUT2D eigenvalue weighted by atomic mass is 10.0. The van der Waals surface area contributed by atoms with E-state index in [-0.39, 0.29) is 42.2 Å². The second kappa shape index (κ2) is 12.4. The average molecular weight is 455 g/mol. The summed E-state index contributed by atoms with van der Waals surface area (Å²) in [5.41, 5.74) is 0.266. The Morgan fingerprint density at radius 2 is 1.96 bits per heavy atom. The van der Waals surface area contributed by atoms with Crippen LogP contribution in [0.4, 0.5) is 8.78 Å². The standard InChI is InChI=1S/C17H27F2N3O.HI/c1-5-23-16(12(2)3)8-9-21-17(20-4)22-11-13-10-14(18)6-7-15(13)19;/h6-7,10,12,16H,5,8-9,11H2,1-4H3,(H2,20,21,22);1H. The van der Waals surface area contributed by atoms with Gasteiger partial charge in [-0.25, -0.2) is 8.78 Å². The van der Waals surface area contributed by atoms with Gasteiger partial charge in [-0.15, -0.1) is 24.0 Å². The smallest absolute Gasteiger partial charge is 0.191 e. The summed E-state index contributed by atoms with van der Waals surface area (Å²) in [6.07, 6.45) is 1.03. The van der Waals surface area contributed by atoms with Crippen LogP contribution in [0.25, 0.3) is 0 Å². The van der Waals surface area contributed by atoms with E-state index in [1.54, 1.807) is 7.05 Å². The normalized spacial score (nSPS) is 12.7. The molecule has 1 aromatic rings. The first kappa shape index (κ1) is 23.0. The number of halogens is 3. The van der Waals surface area contributed by atoms with E-state index in [0.717, 1.165) is 18.6 Å². The summed E-state index contributed by atoms with van der Waals surface area (Å²) < 4.78 is 32.4. The van der Waals surface area contributed by atoms with E-state index < -0.39 is 11.6 Å². The van der Waals surface area contributed by atoms with Crippen molar-refractivity contribution in [3.63, 3.8) is 0 Å². The van der Waals surface area contributed by atoms with E-state index in [0.29, 0.717) is 25.0 Å². The van der Waals surface area contributed by atoms with Gasteiger partial charge in [0.15, 0.2) is 5.96 Å². The van der Waals surface area contributed by atoms with Gasteiger partial charge >= 0.3 is 0 Å². The van der Waals surface area contributed by atoms with Crippen LogP contribution in [0.15, 0.2) is 23.2 Å². The fraction of sp³-hybridized carbons (Fsp3) is 0.588. The third-order valence-corrected chi connectivity index (χ3v) is 3.52. The van der Waals surface area contributed by atoms with E-state index in [1.165, 1.54) is 6.07 Å². The number of benzene rings is 1. The van der Waals surface area contributed by atoms with Crippen molar-refractivity contribution in [2.75, 3.05) is 20.2 Å². The number of guanidine groups is 1. The van der Waals surface area contributed by atoms with Crippen molar-refractivity contribution in [2.24, 2.45) is 10.9 Å². The molecule has 4 nitrogen and oxygen atoms in total. The summed E-state index contributed by atoms with van der Waals surface area (Å²) in [5, 5.41) is 6.14. The maximum absolute atomic E-state index is 13.6. The van der Waals surface area contributed by atoms with Crippen molar-refractivity contribution in [1.82, 2.24) is 10.6 Å². The topological polar surface area (TPSA) is 45.6 Å². The van der Waals surface area contributed by atoms with Crippen LogP contribution < -0.4 is 10.6 Å². The fourth-order valence-corrected chi connectivity index (χ4v) is 2.23. The monoisotopic (exact) mass is 455 g/mol. The van der Waals surface area contributed by atoms with E-state index in [2.05, 4.69) is 29.5 Å². The molecular weight excluding hydrogens is 427 g/mol. The van der Waals surface area contributed by atoms with E-state index in [9.17, 15) is 8.78 Å². The predicted octanol–water partition coefficient (Wildman–Crippen LogP) is 3.70. The maximum atomic E-state index is 13.6. The molecule has 1 atom stereocenters. The first-order chi connectivity index (χ1) is 11.0. The highest BCUT2D eigenvalue weighted by molar-refractivity contribution is 14.0. The van der Waals surface area contributed by atoms with Gasteiger partial charge in [-0.1, -0.05) is 13.8 Å². The predicted molar refractivity (Wildman–Crippen MR) is 105 cm³/mol. The van der Waals surface area contributed by atoms with Gasteiger partial charge in [0.1, 0.15) is 11.6 Å². The lowest BCUT2D eigenvalue weighted by molar-refractivity contribution is 0.0258. The van der Waals surface area contributed by atoms with Gasteiger partial charge in [0.25, 0.3) is 0 Å². The van der Waals surface area contributed by atoms with E-state index in [4.69, 9.17) is 4.74 Å². The second-order valence-corrected chi connectivity index (χ2v) is 5.61. The molecule has 2 N–H and O–H groups in total. The molecule has 0 radical (unpaired) electrons. The molecule has 24 heavy (non-hydrogen) atoms. The molecule has 0 aliphatic rings. The lowest BCUT2D eigenvalue weighted by Gasteiger charge is -2.21. The van der Waals surface area contributed by atoms with Crippen LogP contribution in [0, 0.1) is 17.6 Å². The number of aliphatic imine (C=N–C) groups is 1. The summed E-state index contributed by atoms with van der Waals surface area (Å²) in [6, 6.07) is 3.41. The Hall–Kier alpha value is -0.960. The third-order valence-electron chi connectivity index (χ3n) is 3.52. The highest BCUT2D eigenvalue weighted by atomic mass is 127. The molecule has 0 fully saturated rings. The first-order valence-electron chi connectivity index (χ1n) is 7.98. The molecule has 0 aromatic heterocycles. The SMILES string of the molecule is CCOC(CCNC(=NC)NCc1cc(F)ccc1F)C(C)C.I. The molecule has 0 aliphatic heterocycles. The quantitative estimate of drug-likeness (QED) is 0.357. The molecule has 0 saturated heterocycles. The van der Waals surface area contributed by atoms with Crippen LogP contribution in [0.3, 0.4) is 0 Å². The van der Waals surface area contributed by atoms with Gasteiger partial charge in [0.05, 0.1) is 6.10 Å². The minimum absolute atomic E-state index is 0. The average Bonchev–Trinajstić information content (AvgIpc) is 2.52. The van der Waals surface area contributed by atoms with Crippen molar-refractivity contribution in [3.05, 3.63) is 35.4 Å². The molecule has 0 spiro atoms. The van der Waals surface area contributed by atoms with Gasteiger partial charge < -0.3 is 15.4 Å². The van der Waals surface area contributed by atoms with Gasteiger partial charge in [0, 0.05) is 32.3 Å². The molecule has 1 rings (SSSR count). The molecule has 0 amide bonds. The van der Waals surface area contributed by atoms with Crippen LogP contribution in [-0.4, -0.2) is 32.3 Å². The Morgan fingerprint density at radius 1 is 1.25 bits per heavy atom. The zero-order valence-corrected chi connectivity index (χ0v) is 17.1. The molecule has 1 unspecified atom stereocenters. The summed E-state index contributed by atoms with van der Waals surface area (Å²) in [6.45, 7) is 7.78. The summed E-state index contributed by atoms with van der Waals surface area (Å²) in [4.78, 5) is 4.08. The zero-order chi connectivity index (χ0) is 17.2. The molecule has 0 aliphatic carbocycles. The van der Waals surface area contributed by atoms with Gasteiger partial charge in [-0.05, 0) is 37.5 Å². The number of nitrogens with zero attached hydrogens (tertiary/aromatic N) is 1. The molecule has 138 valence electrons. The Kier molecular flexibility index (Phi) is 11.9. The number of ether oxygens (including phenoxy) is 1. The van der Waals surface area contributed by atoms with E-state index >= 15 is 0 Å². The van der Waals surface area contributed by atoms with Crippen LogP contribution >= 0.6 is 24.0 Å². The summed E-state index contributed by atoms with van der Waals surface area (Å²) in [5.74, 6) is 0.0917. The number of nitrogens with one attached hydrogen (secondary N) is 2. The van der Waals surface area contributed by atoms with Crippen LogP contribution in [0.2, 0.25) is 0 Å². The largest absolute Gasteiger partial charge is 0.378 e. The Bertz CT molecular complexity index is 513. The van der Waals surface area contributed by atoms with Crippen molar-refractivity contribution < 1.29 is 13.5 Å². The lowest BCUT2D eigenvalue weighted by Crippen LogP contribution is -2.39. The van der Waals surface area contributed by atoms with Crippen LogP contribution in [-0.2, 0) is 11.3 Å². The Balaban J connectivity index is 0.00000529. The minimum atomic E-state index is -0.456. The number of hydrogen-bond donors (Lipinski definition) is 2. The molecule has 7 heteroatoms. The highest BCUT2D eigenvalue weighted by Gasteiger charge is 2.13. The Morgan fingerprint density at radius 3 is 2.54 bits per heavy atom. The molecule has 1 aromatic carbocycles. The van der Waals surface area contributed by atoms with Gasteiger partial charge in [-0.2, -0.15) is 0 Å². The van der Waals surface area contributed by atoms with Crippen LogP contribution in [0.5, 0.6) is 0 Å². The number of rotatable bonds is 8. The van der Waals surface area contributed by atoms with Gasteiger partial charge in [0.2, 0.25) is 0 Å². The molecular formula is C17H28F2IN3O. The molecule has 0 saturated carbocycles. The first-order valence-corrected chi connectivity index (χ1v) is 7.98. The summed E-state index contributed by atoms with van der Waals surface area (Å²) >= 11 is 0. The molecule has 0 bridgehead atoms.